The number of nitriles is 1. The third kappa shape index (κ3) is 5.68. The van der Waals surface area contributed by atoms with Gasteiger partial charge in [-0.25, -0.2) is 0 Å². The third-order valence-electron chi connectivity index (χ3n) is 6.61. The first-order valence-electron chi connectivity index (χ1n) is 12.3. The smallest absolute Gasteiger partial charge is 0.147 e. The topological polar surface area (TPSA) is 57.7 Å². The van der Waals surface area contributed by atoms with Gasteiger partial charge in [0.1, 0.15) is 12.2 Å². The molecular weight excluding hydrogens is 442 g/mol. The SMILES string of the molecule is Cc1ccc(CCN(Cc2cccc3ccccc23)Cc2nncn2Cc2ccc(C#N)cc2)cc1. The molecule has 1 aromatic heterocycles. The van der Waals surface area contributed by atoms with Crippen LogP contribution in [-0.2, 0) is 26.1 Å². The zero-order chi connectivity index (χ0) is 24.7. The second kappa shape index (κ2) is 11.0. The van der Waals surface area contributed by atoms with E-state index in [9.17, 15) is 0 Å². The average Bonchev–Trinajstić information content (AvgIpc) is 3.35. The Bertz CT molecular complexity index is 1470. The van der Waals surface area contributed by atoms with Gasteiger partial charge in [0.25, 0.3) is 0 Å². The fourth-order valence-corrected chi connectivity index (χ4v) is 4.54. The minimum atomic E-state index is 0.667. The van der Waals surface area contributed by atoms with E-state index in [1.165, 1.54) is 27.5 Å². The predicted octanol–water partition coefficient (Wildman–Crippen LogP) is 5.90. The maximum absolute atomic E-state index is 9.08. The summed E-state index contributed by atoms with van der Waals surface area (Å²) in [7, 11) is 0. The molecule has 0 aliphatic carbocycles. The predicted molar refractivity (Wildman–Crippen MR) is 143 cm³/mol. The second-order valence-electron chi connectivity index (χ2n) is 9.27. The summed E-state index contributed by atoms with van der Waals surface area (Å²) in [6, 6.07) is 33.8. The zero-order valence-corrected chi connectivity index (χ0v) is 20.5. The highest BCUT2D eigenvalue weighted by Crippen LogP contribution is 2.21. The van der Waals surface area contributed by atoms with Crippen molar-refractivity contribution in [2.45, 2.75) is 33.0 Å². The van der Waals surface area contributed by atoms with Crippen molar-refractivity contribution < 1.29 is 0 Å². The molecular formula is C31H29N5. The van der Waals surface area contributed by atoms with Gasteiger partial charge >= 0.3 is 0 Å². The molecule has 0 fully saturated rings. The standard InChI is InChI=1S/C31H29N5/c1-24-9-11-25(12-10-24)17-18-35(21-29-7-4-6-28-5-2-3-8-30(28)29)22-31-34-33-23-36(31)20-27-15-13-26(19-32)14-16-27/h2-16,23H,17-18,20-22H2,1H3. The highest BCUT2D eigenvalue weighted by Gasteiger charge is 2.14. The Morgan fingerprint density at radius 1 is 0.833 bits per heavy atom. The van der Waals surface area contributed by atoms with Crippen molar-refractivity contribution in [3.8, 4) is 6.07 Å². The first-order valence-corrected chi connectivity index (χ1v) is 12.3. The molecule has 0 aliphatic heterocycles. The molecule has 0 aliphatic rings. The summed E-state index contributed by atoms with van der Waals surface area (Å²) in [6.07, 6.45) is 2.76. The van der Waals surface area contributed by atoms with Gasteiger partial charge < -0.3 is 4.57 Å². The highest BCUT2D eigenvalue weighted by molar-refractivity contribution is 5.85. The summed E-state index contributed by atoms with van der Waals surface area (Å²) in [6.45, 7) is 5.24. The molecule has 0 saturated carbocycles. The summed E-state index contributed by atoms with van der Waals surface area (Å²) in [5.74, 6) is 0.934. The van der Waals surface area contributed by atoms with E-state index in [0.29, 0.717) is 18.7 Å². The van der Waals surface area contributed by atoms with E-state index in [2.05, 4.69) is 99.4 Å². The van der Waals surface area contributed by atoms with E-state index in [0.717, 1.165) is 30.9 Å². The van der Waals surface area contributed by atoms with Crippen LogP contribution in [0.1, 0.15) is 33.6 Å². The number of hydrogen-bond donors (Lipinski definition) is 0. The monoisotopic (exact) mass is 471 g/mol. The minimum absolute atomic E-state index is 0.667. The van der Waals surface area contributed by atoms with Gasteiger partial charge in [0, 0.05) is 13.1 Å². The molecule has 0 radical (unpaired) electrons. The number of rotatable bonds is 9. The van der Waals surface area contributed by atoms with Crippen LogP contribution in [0.4, 0.5) is 0 Å². The Hall–Kier alpha value is -4.27. The first kappa shape index (κ1) is 23.5. The van der Waals surface area contributed by atoms with E-state index >= 15 is 0 Å². The van der Waals surface area contributed by atoms with Crippen LogP contribution in [0.15, 0.2) is 97.3 Å². The summed E-state index contributed by atoms with van der Waals surface area (Å²) in [4.78, 5) is 2.46. The minimum Gasteiger partial charge on any atom is -0.312 e. The number of fused-ring (bicyclic) bond motifs is 1. The maximum atomic E-state index is 9.08. The highest BCUT2D eigenvalue weighted by atomic mass is 15.3. The normalized spacial score (nSPS) is 11.1. The van der Waals surface area contributed by atoms with E-state index in [1.807, 2.05) is 24.3 Å². The molecule has 0 bridgehead atoms. The quantitative estimate of drug-likeness (QED) is 0.268. The van der Waals surface area contributed by atoms with Gasteiger partial charge in [-0.05, 0) is 52.9 Å². The maximum Gasteiger partial charge on any atom is 0.147 e. The number of benzene rings is 4. The van der Waals surface area contributed by atoms with Crippen molar-refractivity contribution in [1.29, 1.82) is 5.26 Å². The lowest BCUT2D eigenvalue weighted by atomic mass is 10.0. The molecule has 0 atom stereocenters. The molecule has 0 unspecified atom stereocenters. The lowest BCUT2D eigenvalue weighted by molar-refractivity contribution is 0.251. The van der Waals surface area contributed by atoms with Crippen LogP contribution in [-0.4, -0.2) is 26.2 Å². The van der Waals surface area contributed by atoms with Crippen molar-refractivity contribution in [1.82, 2.24) is 19.7 Å². The number of hydrogen-bond acceptors (Lipinski definition) is 4. The van der Waals surface area contributed by atoms with Crippen LogP contribution < -0.4 is 0 Å². The van der Waals surface area contributed by atoms with Crippen LogP contribution in [0.5, 0.6) is 0 Å². The molecule has 0 spiro atoms. The summed E-state index contributed by atoms with van der Waals surface area (Å²) >= 11 is 0. The lowest BCUT2D eigenvalue weighted by Gasteiger charge is -2.23. The van der Waals surface area contributed by atoms with Crippen LogP contribution >= 0.6 is 0 Å². The summed E-state index contributed by atoms with van der Waals surface area (Å²) in [5, 5.41) is 20.3. The largest absolute Gasteiger partial charge is 0.312 e. The molecule has 36 heavy (non-hydrogen) atoms. The molecule has 4 aromatic carbocycles. The van der Waals surface area contributed by atoms with Crippen LogP contribution in [0, 0.1) is 18.3 Å². The Morgan fingerprint density at radius 2 is 1.58 bits per heavy atom. The van der Waals surface area contributed by atoms with Gasteiger partial charge in [-0.15, -0.1) is 10.2 Å². The van der Waals surface area contributed by atoms with Crippen molar-refractivity contribution in [3.05, 3.63) is 131 Å². The van der Waals surface area contributed by atoms with Gasteiger partial charge in [-0.3, -0.25) is 4.90 Å². The van der Waals surface area contributed by atoms with Crippen LogP contribution in [0.3, 0.4) is 0 Å². The van der Waals surface area contributed by atoms with Crippen molar-refractivity contribution in [2.75, 3.05) is 6.54 Å². The molecule has 178 valence electrons. The molecule has 5 rings (SSSR count). The molecule has 0 amide bonds. The van der Waals surface area contributed by atoms with Gasteiger partial charge in [-0.2, -0.15) is 5.26 Å². The number of aromatic nitrogens is 3. The lowest BCUT2D eigenvalue weighted by Crippen LogP contribution is -2.27. The zero-order valence-electron chi connectivity index (χ0n) is 20.5. The van der Waals surface area contributed by atoms with E-state index in [4.69, 9.17) is 5.26 Å². The fourth-order valence-electron chi connectivity index (χ4n) is 4.54. The van der Waals surface area contributed by atoms with Gasteiger partial charge in [0.05, 0.1) is 24.7 Å². The Kier molecular flexibility index (Phi) is 7.16. The van der Waals surface area contributed by atoms with Crippen molar-refractivity contribution in [2.24, 2.45) is 0 Å². The van der Waals surface area contributed by atoms with E-state index < -0.39 is 0 Å². The molecule has 1 heterocycles. The molecule has 0 saturated heterocycles. The van der Waals surface area contributed by atoms with Crippen LogP contribution in [0.2, 0.25) is 0 Å². The second-order valence-corrected chi connectivity index (χ2v) is 9.27. The molecule has 5 nitrogen and oxygen atoms in total. The Balaban J connectivity index is 1.38. The van der Waals surface area contributed by atoms with Gasteiger partial charge in [-0.1, -0.05) is 84.4 Å². The van der Waals surface area contributed by atoms with Gasteiger partial charge in [0.15, 0.2) is 0 Å². The fraction of sp³-hybridized carbons (Fsp3) is 0.194. The van der Waals surface area contributed by atoms with E-state index in [-0.39, 0.29) is 0 Å². The molecule has 5 aromatic rings. The van der Waals surface area contributed by atoms with Crippen LogP contribution in [0.25, 0.3) is 10.8 Å². The van der Waals surface area contributed by atoms with Crippen molar-refractivity contribution >= 4 is 10.8 Å². The average molecular weight is 472 g/mol. The van der Waals surface area contributed by atoms with Gasteiger partial charge in [0.2, 0.25) is 0 Å². The van der Waals surface area contributed by atoms with E-state index in [1.54, 1.807) is 6.33 Å². The summed E-state index contributed by atoms with van der Waals surface area (Å²) in [5.41, 5.74) is 5.72. The first-order chi connectivity index (χ1) is 17.7. The third-order valence-corrected chi connectivity index (χ3v) is 6.61. The molecule has 5 heteroatoms. The Morgan fingerprint density at radius 3 is 2.39 bits per heavy atom. The Labute approximate surface area is 212 Å². The number of aryl methyl sites for hydroxylation is 1. The molecule has 0 N–H and O–H groups in total. The number of nitrogens with zero attached hydrogens (tertiary/aromatic N) is 5. The summed E-state index contributed by atoms with van der Waals surface area (Å²) < 4.78 is 2.10. The van der Waals surface area contributed by atoms with Crippen molar-refractivity contribution in [3.63, 3.8) is 0 Å².